The predicted molar refractivity (Wildman–Crippen MR) is 144 cm³/mol. The minimum atomic E-state index is -3.41. The van der Waals surface area contributed by atoms with Crippen LogP contribution >= 0.6 is 0 Å². The Kier molecular flexibility index (Phi) is 8.12. The molecule has 11 heteroatoms. The van der Waals surface area contributed by atoms with E-state index in [1.54, 1.807) is 30.3 Å². The van der Waals surface area contributed by atoms with Gasteiger partial charge >= 0.3 is 0 Å². The monoisotopic (exact) mass is 553 g/mol. The van der Waals surface area contributed by atoms with E-state index in [1.165, 1.54) is 54.1 Å². The lowest BCUT2D eigenvalue weighted by Gasteiger charge is -2.20. The van der Waals surface area contributed by atoms with E-state index in [0.717, 1.165) is 11.8 Å². The van der Waals surface area contributed by atoms with Gasteiger partial charge in [-0.2, -0.15) is 0 Å². The van der Waals surface area contributed by atoms with Crippen LogP contribution in [0.15, 0.2) is 70.5 Å². The molecule has 0 saturated heterocycles. The molecule has 0 aliphatic rings. The summed E-state index contributed by atoms with van der Waals surface area (Å²) in [5.41, 5.74) is 1.33. The van der Waals surface area contributed by atoms with Gasteiger partial charge in [-0.1, -0.05) is 24.3 Å². The number of carbonyl (C=O) groups excluding carboxylic acids is 1. The van der Waals surface area contributed by atoms with Gasteiger partial charge in [-0.25, -0.2) is 12.8 Å². The molecule has 0 saturated carbocycles. The van der Waals surface area contributed by atoms with Crippen LogP contribution in [0.5, 0.6) is 5.75 Å². The van der Waals surface area contributed by atoms with Gasteiger partial charge in [-0.3, -0.25) is 14.6 Å². The number of hydrogen-bond acceptors (Lipinski definition) is 7. The molecule has 0 spiro atoms. The first-order chi connectivity index (χ1) is 18.5. The summed E-state index contributed by atoms with van der Waals surface area (Å²) in [5.74, 6) is -1.57. The summed E-state index contributed by atoms with van der Waals surface area (Å²) in [4.78, 5) is 32.7. The molecule has 4 rings (SSSR count). The van der Waals surface area contributed by atoms with E-state index < -0.39 is 32.6 Å². The van der Waals surface area contributed by atoms with Crippen molar-refractivity contribution < 1.29 is 27.4 Å². The van der Waals surface area contributed by atoms with Crippen molar-refractivity contribution in [1.82, 2.24) is 14.5 Å². The molecule has 2 heterocycles. The summed E-state index contributed by atoms with van der Waals surface area (Å²) in [6.45, 7) is 0.426. The smallest absolute Gasteiger partial charge is 0.268 e. The number of fused-ring (bicyclic) bond motifs is 1. The molecular formula is C28H28FN3O6S. The van der Waals surface area contributed by atoms with Crippen molar-refractivity contribution in [2.45, 2.75) is 17.9 Å². The number of ether oxygens (including phenoxy) is 1. The first-order valence-corrected chi connectivity index (χ1v) is 13.9. The Bertz CT molecular complexity index is 1680. The van der Waals surface area contributed by atoms with Crippen molar-refractivity contribution in [1.29, 1.82) is 0 Å². The van der Waals surface area contributed by atoms with Gasteiger partial charge in [0.25, 0.3) is 11.5 Å². The molecule has 0 bridgehead atoms. The third-order valence-corrected chi connectivity index (χ3v) is 7.47. The van der Waals surface area contributed by atoms with E-state index in [2.05, 4.69) is 4.98 Å². The normalized spacial score (nSPS) is 11.6. The topological polar surface area (TPSA) is 119 Å². The van der Waals surface area contributed by atoms with Crippen LogP contribution in [-0.2, 0) is 27.5 Å². The van der Waals surface area contributed by atoms with Crippen molar-refractivity contribution in [2.24, 2.45) is 0 Å². The summed E-state index contributed by atoms with van der Waals surface area (Å²) in [7, 11) is -0.424. The van der Waals surface area contributed by atoms with Gasteiger partial charge in [0.2, 0.25) is 0 Å². The maximum Gasteiger partial charge on any atom is 0.268 e. The van der Waals surface area contributed by atoms with Crippen LogP contribution in [0, 0.1) is 5.82 Å². The molecule has 9 nitrogen and oxygen atoms in total. The molecule has 0 atom stereocenters. The van der Waals surface area contributed by atoms with Crippen LogP contribution in [-0.4, -0.2) is 67.4 Å². The molecule has 1 N–H and O–H groups in total. The lowest BCUT2D eigenvalue weighted by Crippen LogP contribution is -2.36. The van der Waals surface area contributed by atoms with Crippen LogP contribution in [0.3, 0.4) is 0 Å². The fourth-order valence-electron chi connectivity index (χ4n) is 4.18. The third kappa shape index (κ3) is 6.15. The fourth-order valence-corrected chi connectivity index (χ4v) is 4.81. The van der Waals surface area contributed by atoms with Gasteiger partial charge in [-0.05, 0) is 53.4 Å². The van der Waals surface area contributed by atoms with Crippen molar-refractivity contribution in [3.63, 3.8) is 0 Å². The lowest BCUT2D eigenvalue weighted by atomic mass is 10.0. The van der Waals surface area contributed by atoms with Crippen LogP contribution in [0.4, 0.5) is 4.39 Å². The van der Waals surface area contributed by atoms with Crippen molar-refractivity contribution in [2.75, 3.05) is 33.6 Å². The summed E-state index contributed by atoms with van der Waals surface area (Å²) >= 11 is 0. The number of likely N-dealkylation sites (N-methyl/N-ethyl adjacent to an activating group) is 1. The molecule has 0 radical (unpaired) electrons. The average Bonchev–Trinajstić information content (AvgIpc) is 2.90. The third-order valence-electron chi connectivity index (χ3n) is 6.34. The molecular weight excluding hydrogens is 525 g/mol. The number of hydrogen-bond donors (Lipinski definition) is 1. The second-order valence-corrected chi connectivity index (χ2v) is 11.3. The minimum absolute atomic E-state index is 0.0105. The Hall–Kier alpha value is -4.09. The zero-order valence-corrected chi connectivity index (χ0v) is 22.5. The second-order valence-electron chi connectivity index (χ2n) is 9.27. The maximum absolute atomic E-state index is 13.7. The molecule has 1 amide bonds. The van der Waals surface area contributed by atoms with Crippen molar-refractivity contribution in [3.8, 4) is 5.75 Å². The number of aromatic hydroxyl groups is 1. The molecule has 4 aromatic rings. The summed E-state index contributed by atoms with van der Waals surface area (Å²) in [6, 6.07) is 13.7. The van der Waals surface area contributed by atoms with E-state index in [0.29, 0.717) is 23.1 Å². The highest BCUT2D eigenvalue weighted by molar-refractivity contribution is 7.90. The molecule has 0 aliphatic carbocycles. The Balaban J connectivity index is 1.86. The van der Waals surface area contributed by atoms with Gasteiger partial charge < -0.3 is 19.3 Å². The fraction of sp³-hybridized carbons (Fsp3) is 0.250. The molecule has 0 fully saturated rings. The van der Waals surface area contributed by atoms with Crippen molar-refractivity contribution in [3.05, 3.63) is 99.2 Å². The van der Waals surface area contributed by atoms with Gasteiger partial charge in [0.05, 0.1) is 23.6 Å². The first-order valence-electron chi connectivity index (χ1n) is 12.0. The molecule has 2 aromatic heterocycles. The van der Waals surface area contributed by atoms with E-state index in [1.807, 2.05) is 0 Å². The molecule has 204 valence electrons. The SMILES string of the molecule is COCCN(C)C(=O)c1c(O)c2ncc(Cc3ccc(F)cc3)cc2n(Cc2ccc(S(C)(=O)=O)cc2)c1=O. The summed E-state index contributed by atoms with van der Waals surface area (Å²) in [5, 5.41) is 11.0. The number of methoxy groups -OCH3 is 1. The van der Waals surface area contributed by atoms with Crippen LogP contribution in [0.2, 0.25) is 0 Å². The van der Waals surface area contributed by atoms with Crippen LogP contribution < -0.4 is 5.56 Å². The highest BCUT2D eigenvalue weighted by Crippen LogP contribution is 2.27. The molecule has 0 aliphatic heterocycles. The van der Waals surface area contributed by atoms with Crippen LogP contribution in [0.1, 0.15) is 27.0 Å². The van der Waals surface area contributed by atoms with Crippen molar-refractivity contribution >= 4 is 26.8 Å². The zero-order chi connectivity index (χ0) is 28.3. The summed E-state index contributed by atoms with van der Waals surface area (Å²) < 4.78 is 43.4. The minimum Gasteiger partial charge on any atom is -0.505 e. The number of rotatable bonds is 9. The molecule has 2 aromatic carbocycles. The number of pyridine rings is 2. The van der Waals surface area contributed by atoms with Gasteiger partial charge in [0, 0.05) is 33.2 Å². The average molecular weight is 554 g/mol. The maximum atomic E-state index is 13.7. The lowest BCUT2D eigenvalue weighted by molar-refractivity contribution is 0.0739. The second kappa shape index (κ2) is 11.3. The highest BCUT2D eigenvalue weighted by atomic mass is 32.2. The number of carbonyl (C=O) groups is 1. The Morgan fingerprint density at radius 2 is 1.72 bits per heavy atom. The number of halogens is 1. The Morgan fingerprint density at radius 1 is 1.08 bits per heavy atom. The van der Waals surface area contributed by atoms with Gasteiger partial charge in [-0.15, -0.1) is 0 Å². The van der Waals surface area contributed by atoms with E-state index in [-0.39, 0.29) is 35.9 Å². The summed E-state index contributed by atoms with van der Waals surface area (Å²) in [6.07, 6.45) is 3.03. The first kappa shape index (κ1) is 27.9. The molecule has 39 heavy (non-hydrogen) atoms. The Labute approximate surface area is 225 Å². The molecule has 0 unspecified atom stereocenters. The number of amides is 1. The number of nitrogens with zero attached hydrogens (tertiary/aromatic N) is 3. The number of sulfone groups is 1. The Morgan fingerprint density at radius 3 is 2.33 bits per heavy atom. The van der Waals surface area contributed by atoms with Gasteiger partial charge in [0.1, 0.15) is 16.9 Å². The zero-order valence-electron chi connectivity index (χ0n) is 21.7. The highest BCUT2D eigenvalue weighted by Gasteiger charge is 2.26. The van der Waals surface area contributed by atoms with Crippen LogP contribution in [0.25, 0.3) is 11.0 Å². The van der Waals surface area contributed by atoms with E-state index in [4.69, 9.17) is 4.74 Å². The van der Waals surface area contributed by atoms with E-state index >= 15 is 0 Å². The van der Waals surface area contributed by atoms with E-state index in [9.17, 15) is 27.5 Å². The predicted octanol–water partition coefficient (Wildman–Crippen LogP) is 3.00. The number of aromatic nitrogens is 2. The van der Waals surface area contributed by atoms with Gasteiger partial charge in [0.15, 0.2) is 15.6 Å². The largest absolute Gasteiger partial charge is 0.505 e. The standard InChI is InChI=1S/C28H28FN3O6S/c1-31(12-13-38-2)27(34)24-26(33)25-23(15-20(16-30-25)14-18-4-8-21(29)9-5-18)32(28(24)35)17-19-6-10-22(11-7-19)39(3,36)37/h4-11,15-16,33H,12-14,17H2,1-3H3. The quantitative estimate of drug-likeness (QED) is 0.339. The number of benzene rings is 2.